The summed E-state index contributed by atoms with van der Waals surface area (Å²) in [5.41, 5.74) is 1.69. The molecular formula is C15H9N3O. The first-order valence-electron chi connectivity index (χ1n) is 5.73. The van der Waals surface area contributed by atoms with E-state index in [9.17, 15) is 0 Å². The van der Waals surface area contributed by atoms with Crippen LogP contribution in [0.2, 0.25) is 0 Å². The molecular weight excluding hydrogens is 238 g/mol. The maximum absolute atomic E-state index is 5.46. The highest BCUT2D eigenvalue weighted by Crippen LogP contribution is 2.15. The first-order valence-corrected chi connectivity index (χ1v) is 5.73. The predicted molar refractivity (Wildman–Crippen MR) is 70.0 cm³/mol. The second-order valence-corrected chi connectivity index (χ2v) is 3.77. The Bertz CT molecular complexity index is 724. The van der Waals surface area contributed by atoms with Gasteiger partial charge in [-0.05, 0) is 30.2 Å². The summed E-state index contributed by atoms with van der Waals surface area (Å²) in [4.78, 5) is 4.00. The van der Waals surface area contributed by atoms with Crippen molar-refractivity contribution in [2.75, 3.05) is 0 Å². The smallest absolute Gasteiger partial charge is 0.294 e. The number of pyridine rings is 1. The Morgan fingerprint density at radius 2 is 1.79 bits per heavy atom. The van der Waals surface area contributed by atoms with Gasteiger partial charge in [-0.25, -0.2) is 0 Å². The van der Waals surface area contributed by atoms with Crippen molar-refractivity contribution < 1.29 is 4.42 Å². The molecule has 0 bridgehead atoms. The fraction of sp³-hybridized carbons (Fsp3) is 0. The fourth-order valence-corrected chi connectivity index (χ4v) is 1.53. The van der Waals surface area contributed by atoms with Crippen LogP contribution in [0.1, 0.15) is 11.5 Å². The van der Waals surface area contributed by atoms with Gasteiger partial charge in [0.15, 0.2) is 0 Å². The highest BCUT2D eigenvalue weighted by atomic mass is 16.4. The van der Waals surface area contributed by atoms with Crippen LogP contribution in [0.3, 0.4) is 0 Å². The summed E-state index contributed by atoms with van der Waals surface area (Å²) >= 11 is 0. The van der Waals surface area contributed by atoms with Gasteiger partial charge >= 0.3 is 0 Å². The molecule has 19 heavy (non-hydrogen) atoms. The van der Waals surface area contributed by atoms with E-state index in [0.717, 1.165) is 11.1 Å². The van der Waals surface area contributed by atoms with Gasteiger partial charge in [0.25, 0.3) is 5.89 Å². The van der Waals surface area contributed by atoms with E-state index in [1.165, 1.54) is 0 Å². The molecule has 2 aromatic heterocycles. The quantitative estimate of drug-likeness (QED) is 0.620. The summed E-state index contributed by atoms with van der Waals surface area (Å²) in [5.74, 6) is 6.52. The van der Waals surface area contributed by atoms with E-state index in [-0.39, 0.29) is 0 Å². The van der Waals surface area contributed by atoms with E-state index in [1.807, 2.05) is 42.5 Å². The first kappa shape index (κ1) is 11.2. The normalized spacial score (nSPS) is 9.68. The topological polar surface area (TPSA) is 51.8 Å². The lowest BCUT2D eigenvalue weighted by Gasteiger charge is -1.89. The van der Waals surface area contributed by atoms with Crippen LogP contribution in [0.5, 0.6) is 0 Å². The minimum absolute atomic E-state index is 0.294. The molecule has 4 nitrogen and oxygen atoms in total. The molecule has 0 saturated heterocycles. The summed E-state index contributed by atoms with van der Waals surface area (Å²) in [5, 5.41) is 7.83. The van der Waals surface area contributed by atoms with E-state index in [1.54, 1.807) is 12.4 Å². The Labute approximate surface area is 110 Å². The highest BCUT2D eigenvalue weighted by molar-refractivity contribution is 5.50. The molecule has 2 heterocycles. The molecule has 0 N–H and O–H groups in total. The van der Waals surface area contributed by atoms with Crippen molar-refractivity contribution in [3.8, 4) is 23.3 Å². The summed E-state index contributed by atoms with van der Waals surface area (Å²) in [7, 11) is 0. The molecule has 1 aromatic carbocycles. The molecule has 0 aliphatic heterocycles. The van der Waals surface area contributed by atoms with Crippen LogP contribution in [0, 0.1) is 11.8 Å². The Hall–Kier alpha value is -2.93. The lowest BCUT2D eigenvalue weighted by atomic mass is 10.2. The summed E-state index contributed by atoms with van der Waals surface area (Å²) in [6, 6.07) is 13.3. The number of hydrogen-bond donors (Lipinski definition) is 0. The van der Waals surface area contributed by atoms with Crippen molar-refractivity contribution >= 4 is 0 Å². The molecule has 0 amide bonds. The molecule has 0 fully saturated rings. The third kappa shape index (κ3) is 2.67. The van der Waals surface area contributed by atoms with Gasteiger partial charge in [-0.2, -0.15) is 0 Å². The number of rotatable bonds is 1. The molecule has 0 radical (unpaired) electrons. The molecule has 90 valence electrons. The van der Waals surface area contributed by atoms with Crippen molar-refractivity contribution in [1.29, 1.82) is 0 Å². The van der Waals surface area contributed by atoms with Crippen molar-refractivity contribution in [2.45, 2.75) is 0 Å². The van der Waals surface area contributed by atoms with E-state index in [4.69, 9.17) is 4.42 Å². The summed E-state index contributed by atoms with van der Waals surface area (Å²) in [6.07, 6.45) is 3.36. The third-order valence-electron chi connectivity index (χ3n) is 2.42. The van der Waals surface area contributed by atoms with Crippen LogP contribution in [0.4, 0.5) is 0 Å². The highest BCUT2D eigenvalue weighted by Gasteiger charge is 2.05. The number of benzene rings is 1. The predicted octanol–water partition coefficient (Wildman–Crippen LogP) is 2.53. The van der Waals surface area contributed by atoms with Gasteiger partial charge in [0.2, 0.25) is 5.89 Å². The number of hydrogen-bond acceptors (Lipinski definition) is 4. The van der Waals surface area contributed by atoms with Crippen LogP contribution in [-0.2, 0) is 0 Å². The van der Waals surface area contributed by atoms with Crippen molar-refractivity contribution in [3.63, 3.8) is 0 Å². The molecule has 0 aliphatic rings. The number of aromatic nitrogens is 3. The minimum Gasteiger partial charge on any atom is -0.410 e. The fourth-order valence-electron chi connectivity index (χ4n) is 1.53. The molecule has 3 aromatic rings. The largest absolute Gasteiger partial charge is 0.410 e. The van der Waals surface area contributed by atoms with E-state index in [0.29, 0.717) is 11.8 Å². The molecule has 3 rings (SSSR count). The van der Waals surface area contributed by atoms with Gasteiger partial charge in [0.1, 0.15) is 0 Å². The maximum atomic E-state index is 5.46. The molecule has 0 aliphatic carbocycles. The van der Waals surface area contributed by atoms with Crippen LogP contribution in [-0.4, -0.2) is 15.2 Å². The van der Waals surface area contributed by atoms with Gasteiger partial charge in [-0.1, -0.05) is 29.2 Å². The summed E-state index contributed by atoms with van der Waals surface area (Å²) < 4.78 is 5.46. The second-order valence-electron chi connectivity index (χ2n) is 3.77. The van der Waals surface area contributed by atoms with E-state index >= 15 is 0 Å². The Kier molecular flexibility index (Phi) is 3.03. The van der Waals surface area contributed by atoms with Crippen molar-refractivity contribution in [2.24, 2.45) is 0 Å². The van der Waals surface area contributed by atoms with Crippen LogP contribution < -0.4 is 0 Å². The Morgan fingerprint density at radius 3 is 2.58 bits per heavy atom. The zero-order chi connectivity index (χ0) is 12.9. The SMILES string of the molecule is C(#Cc1nnc(-c2cccnc2)o1)c1ccccc1. The van der Waals surface area contributed by atoms with E-state index in [2.05, 4.69) is 27.0 Å². The zero-order valence-corrected chi connectivity index (χ0v) is 9.95. The lowest BCUT2D eigenvalue weighted by Crippen LogP contribution is -1.78. The zero-order valence-electron chi connectivity index (χ0n) is 9.95. The molecule has 0 atom stereocenters. The minimum atomic E-state index is 0.294. The summed E-state index contributed by atoms with van der Waals surface area (Å²) in [6.45, 7) is 0. The standard InChI is InChI=1S/C15H9N3O/c1-2-5-12(6-3-1)8-9-14-17-18-15(19-14)13-7-4-10-16-11-13/h1-7,10-11H. The monoisotopic (exact) mass is 247 g/mol. The van der Waals surface area contributed by atoms with Crippen LogP contribution in [0.25, 0.3) is 11.5 Å². The molecule has 0 unspecified atom stereocenters. The van der Waals surface area contributed by atoms with Crippen molar-refractivity contribution in [3.05, 3.63) is 66.3 Å². The van der Waals surface area contributed by atoms with Gasteiger partial charge in [0.05, 0.1) is 5.56 Å². The van der Waals surface area contributed by atoms with Crippen LogP contribution in [0.15, 0.2) is 59.3 Å². The average molecular weight is 247 g/mol. The van der Waals surface area contributed by atoms with Gasteiger partial charge in [-0.15, -0.1) is 5.10 Å². The Morgan fingerprint density at radius 1 is 0.895 bits per heavy atom. The van der Waals surface area contributed by atoms with Crippen molar-refractivity contribution in [1.82, 2.24) is 15.2 Å². The number of nitrogens with zero attached hydrogens (tertiary/aromatic N) is 3. The molecule has 0 spiro atoms. The van der Waals surface area contributed by atoms with Gasteiger partial charge in [-0.3, -0.25) is 4.98 Å². The van der Waals surface area contributed by atoms with Gasteiger partial charge < -0.3 is 4.42 Å². The van der Waals surface area contributed by atoms with Crippen LogP contribution >= 0.6 is 0 Å². The molecule has 4 heteroatoms. The van der Waals surface area contributed by atoms with E-state index < -0.39 is 0 Å². The average Bonchev–Trinajstić information content (AvgIpc) is 2.96. The second kappa shape index (κ2) is 5.15. The maximum Gasteiger partial charge on any atom is 0.294 e. The molecule has 0 saturated carbocycles. The lowest BCUT2D eigenvalue weighted by molar-refractivity contribution is 0.554. The first-order chi connectivity index (χ1) is 9.42. The third-order valence-corrected chi connectivity index (χ3v) is 2.42. The Balaban J connectivity index is 1.85. The van der Waals surface area contributed by atoms with Gasteiger partial charge in [0, 0.05) is 18.0 Å².